The summed E-state index contributed by atoms with van der Waals surface area (Å²) >= 11 is 0. The van der Waals surface area contributed by atoms with Crippen LogP contribution in [0.3, 0.4) is 0 Å². The molecule has 1 heterocycles. The number of carbonyl (C=O) groups is 1. The molecule has 1 aromatic rings. The van der Waals surface area contributed by atoms with E-state index in [1.807, 2.05) is 19.9 Å². The summed E-state index contributed by atoms with van der Waals surface area (Å²) in [6, 6.07) is 1.34. The van der Waals surface area contributed by atoms with Gasteiger partial charge in [-0.25, -0.2) is 4.79 Å². The van der Waals surface area contributed by atoms with Gasteiger partial charge in [-0.3, -0.25) is 0 Å². The number of hydrogen-bond donors (Lipinski definition) is 1. The summed E-state index contributed by atoms with van der Waals surface area (Å²) in [7, 11) is 0. The van der Waals surface area contributed by atoms with Crippen molar-refractivity contribution >= 4 is 5.97 Å². The van der Waals surface area contributed by atoms with Crippen molar-refractivity contribution in [2.45, 2.75) is 20.5 Å². The molecule has 0 unspecified atom stereocenters. The average molecular weight is 265 g/mol. The predicted molar refractivity (Wildman–Crippen MR) is 72.9 cm³/mol. The van der Waals surface area contributed by atoms with Gasteiger partial charge >= 0.3 is 5.97 Å². The highest BCUT2D eigenvalue weighted by Gasteiger charge is 2.10. The molecule has 0 saturated heterocycles. The quantitative estimate of drug-likeness (QED) is 0.631. The first-order chi connectivity index (χ1) is 9.04. The number of rotatable bonds is 6. The third-order valence-electron chi connectivity index (χ3n) is 1.75. The zero-order valence-corrected chi connectivity index (χ0v) is 11.3. The molecule has 1 N–H and O–H groups in total. The van der Waals surface area contributed by atoms with E-state index in [-0.39, 0.29) is 12.3 Å². The van der Waals surface area contributed by atoms with Crippen LogP contribution < -0.4 is 0 Å². The van der Waals surface area contributed by atoms with Crippen LogP contribution in [0, 0.1) is 0 Å². The lowest BCUT2D eigenvalue weighted by Gasteiger charge is -2.00. The first-order valence-electron chi connectivity index (χ1n) is 5.67. The first-order valence-corrected chi connectivity index (χ1v) is 5.67. The number of aromatic nitrogens is 1. The fourth-order valence-corrected chi connectivity index (χ4v) is 1.04. The maximum absolute atomic E-state index is 10.5. The second-order valence-corrected chi connectivity index (χ2v) is 3.63. The second kappa shape index (κ2) is 9.85. The fourth-order valence-electron chi connectivity index (χ4n) is 1.04. The lowest BCUT2D eigenvalue weighted by molar-refractivity contribution is 0.0685. The fraction of sp³-hybridized carbons (Fsp3) is 0.286. The zero-order valence-electron chi connectivity index (χ0n) is 11.3. The molecule has 5 nitrogen and oxygen atoms in total. The van der Waals surface area contributed by atoms with E-state index < -0.39 is 5.97 Å². The Balaban J connectivity index is 0.000000982. The zero-order chi connectivity index (χ0) is 14.7. The minimum absolute atomic E-state index is 0.114. The Kier molecular flexibility index (Phi) is 8.74. The summed E-state index contributed by atoms with van der Waals surface area (Å²) in [6.45, 7) is 11.4. The van der Waals surface area contributed by atoms with Gasteiger partial charge in [-0.05, 0) is 19.4 Å². The Labute approximate surface area is 112 Å². The first kappa shape index (κ1) is 16.9. The molecule has 5 heteroatoms. The van der Waals surface area contributed by atoms with E-state index in [1.54, 1.807) is 12.2 Å². The van der Waals surface area contributed by atoms with Gasteiger partial charge in [0.25, 0.3) is 0 Å². The van der Waals surface area contributed by atoms with Crippen LogP contribution >= 0.6 is 0 Å². The Morgan fingerprint density at radius 3 is 2.68 bits per heavy atom. The SMILES string of the molecule is C=C/C=C(\C)COCc1cc(C(=O)O)no1.C=CC. The van der Waals surface area contributed by atoms with E-state index in [0.29, 0.717) is 12.4 Å². The number of aromatic carboxylic acids is 1. The lowest BCUT2D eigenvalue weighted by Crippen LogP contribution is -1.96. The number of hydrogen-bond acceptors (Lipinski definition) is 4. The number of ether oxygens (including phenoxy) is 1. The summed E-state index contributed by atoms with van der Waals surface area (Å²) in [4.78, 5) is 10.5. The van der Waals surface area contributed by atoms with Gasteiger partial charge < -0.3 is 14.4 Å². The van der Waals surface area contributed by atoms with Gasteiger partial charge in [0.1, 0.15) is 6.61 Å². The Morgan fingerprint density at radius 2 is 2.21 bits per heavy atom. The molecule has 0 saturated carbocycles. The molecule has 0 atom stereocenters. The predicted octanol–water partition coefficient (Wildman–Crippen LogP) is 3.21. The molecule has 0 spiro atoms. The third kappa shape index (κ3) is 7.72. The summed E-state index contributed by atoms with van der Waals surface area (Å²) in [6.07, 6.45) is 5.26. The van der Waals surface area contributed by atoms with Crippen LogP contribution in [0.1, 0.15) is 30.1 Å². The van der Waals surface area contributed by atoms with E-state index in [2.05, 4.69) is 18.3 Å². The van der Waals surface area contributed by atoms with Gasteiger partial charge in [0.05, 0.1) is 6.61 Å². The van der Waals surface area contributed by atoms with Crippen LogP contribution in [-0.2, 0) is 11.3 Å². The van der Waals surface area contributed by atoms with Crippen molar-refractivity contribution in [2.24, 2.45) is 0 Å². The van der Waals surface area contributed by atoms with Gasteiger partial charge in [-0.1, -0.05) is 30.0 Å². The maximum Gasteiger partial charge on any atom is 0.358 e. The molecular formula is C14H19NO4. The minimum Gasteiger partial charge on any atom is -0.476 e. The van der Waals surface area contributed by atoms with Gasteiger partial charge in [-0.15, -0.1) is 6.58 Å². The van der Waals surface area contributed by atoms with E-state index >= 15 is 0 Å². The highest BCUT2D eigenvalue weighted by Crippen LogP contribution is 2.06. The molecule has 0 aliphatic heterocycles. The van der Waals surface area contributed by atoms with Crippen molar-refractivity contribution in [1.29, 1.82) is 0 Å². The molecular weight excluding hydrogens is 246 g/mol. The number of carboxylic acid groups (broad SMARTS) is 1. The normalized spacial score (nSPS) is 10.3. The molecule has 0 amide bonds. The van der Waals surface area contributed by atoms with E-state index in [1.165, 1.54) is 6.07 Å². The summed E-state index contributed by atoms with van der Waals surface area (Å²) in [5, 5.41) is 12.0. The number of allylic oxidation sites excluding steroid dienone is 3. The van der Waals surface area contributed by atoms with Gasteiger partial charge in [0.2, 0.25) is 0 Å². The van der Waals surface area contributed by atoms with Crippen LogP contribution in [0.4, 0.5) is 0 Å². The van der Waals surface area contributed by atoms with Crippen LogP contribution in [0.15, 0.2) is 47.5 Å². The highest BCUT2D eigenvalue weighted by molar-refractivity contribution is 5.85. The number of nitrogens with zero attached hydrogens (tertiary/aromatic N) is 1. The smallest absolute Gasteiger partial charge is 0.358 e. The minimum atomic E-state index is -1.11. The molecule has 1 aromatic heterocycles. The van der Waals surface area contributed by atoms with Gasteiger partial charge in [-0.2, -0.15) is 0 Å². The summed E-state index contributed by atoms with van der Waals surface area (Å²) < 4.78 is 10.1. The maximum atomic E-state index is 10.5. The molecule has 0 fully saturated rings. The molecule has 19 heavy (non-hydrogen) atoms. The van der Waals surface area contributed by atoms with Crippen molar-refractivity contribution < 1.29 is 19.2 Å². The molecule has 0 aliphatic rings. The van der Waals surface area contributed by atoms with Crippen LogP contribution in [0.5, 0.6) is 0 Å². The second-order valence-electron chi connectivity index (χ2n) is 3.63. The average Bonchev–Trinajstić information content (AvgIpc) is 2.79. The Hall–Kier alpha value is -2.14. The van der Waals surface area contributed by atoms with Crippen molar-refractivity contribution in [3.05, 3.63) is 54.5 Å². The van der Waals surface area contributed by atoms with Gasteiger partial charge in [0.15, 0.2) is 11.5 Å². The van der Waals surface area contributed by atoms with Crippen molar-refractivity contribution in [2.75, 3.05) is 6.61 Å². The van der Waals surface area contributed by atoms with Crippen LogP contribution in [-0.4, -0.2) is 22.8 Å². The Bertz CT molecular complexity index is 446. The molecule has 0 bridgehead atoms. The van der Waals surface area contributed by atoms with Crippen LogP contribution in [0.25, 0.3) is 0 Å². The van der Waals surface area contributed by atoms with E-state index in [9.17, 15) is 4.79 Å². The summed E-state index contributed by atoms with van der Waals surface area (Å²) in [5.41, 5.74) is 0.907. The van der Waals surface area contributed by atoms with E-state index in [0.717, 1.165) is 5.57 Å². The summed E-state index contributed by atoms with van der Waals surface area (Å²) in [5.74, 6) is -0.721. The number of carboxylic acids is 1. The van der Waals surface area contributed by atoms with E-state index in [4.69, 9.17) is 14.4 Å². The van der Waals surface area contributed by atoms with Crippen LogP contribution in [0.2, 0.25) is 0 Å². The molecule has 0 radical (unpaired) electrons. The van der Waals surface area contributed by atoms with Crippen molar-refractivity contribution in [3.8, 4) is 0 Å². The van der Waals surface area contributed by atoms with Gasteiger partial charge in [0, 0.05) is 6.07 Å². The van der Waals surface area contributed by atoms with Crippen molar-refractivity contribution in [1.82, 2.24) is 5.16 Å². The topological polar surface area (TPSA) is 72.6 Å². The standard InChI is InChI=1S/C11H13NO4.C3H6/c1-3-4-8(2)6-15-7-9-5-10(11(13)14)12-16-9;1-3-2/h3-5H,1,6-7H2,2H3,(H,13,14);3H,1H2,2H3/b8-4+;. The lowest BCUT2D eigenvalue weighted by atomic mass is 10.3. The molecule has 104 valence electrons. The molecule has 1 rings (SSSR count). The van der Waals surface area contributed by atoms with Crippen molar-refractivity contribution in [3.63, 3.8) is 0 Å². The largest absolute Gasteiger partial charge is 0.476 e. The Morgan fingerprint density at radius 1 is 1.58 bits per heavy atom. The highest BCUT2D eigenvalue weighted by atomic mass is 16.5. The molecule has 0 aromatic carbocycles. The molecule has 0 aliphatic carbocycles. The monoisotopic (exact) mass is 265 g/mol. The third-order valence-corrected chi connectivity index (χ3v) is 1.75.